The molecule has 10 N–H and O–H groups in total. The maximum Gasteiger partial charge on any atom is 0.204 e. The van der Waals surface area contributed by atoms with Gasteiger partial charge in [-0.15, -0.1) is 0 Å². The summed E-state index contributed by atoms with van der Waals surface area (Å²) < 4.78 is 0. The van der Waals surface area contributed by atoms with E-state index in [0.717, 1.165) is 0 Å². The zero-order valence-corrected chi connectivity index (χ0v) is 13.1. The zero-order chi connectivity index (χ0) is 17.2. The van der Waals surface area contributed by atoms with Gasteiger partial charge in [0.05, 0.1) is 0 Å². The van der Waals surface area contributed by atoms with E-state index in [0.29, 0.717) is 16.2 Å². The highest BCUT2D eigenvalue weighted by Crippen LogP contribution is 2.55. The lowest BCUT2D eigenvalue weighted by molar-refractivity contribution is 0.351. The lowest BCUT2D eigenvalue weighted by Crippen LogP contribution is -1.87. The first kappa shape index (κ1) is 18.7. The lowest BCUT2D eigenvalue weighted by atomic mass is 9.92. The molecule has 0 heterocycles. The topological polar surface area (TPSA) is 184 Å². The fraction of sp³-hybridized carbons (Fsp3) is 0. The Morgan fingerprint density at radius 3 is 1.50 bits per heavy atom. The molecule has 136 valence electrons. The summed E-state index contributed by atoms with van der Waals surface area (Å²) in [5.41, 5.74) is 0. The van der Waals surface area contributed by atoms with Gasteiger partial charge in [0.25, 0.3) is 0 Å². The van der Waals surface area contributed by atoms with Crippen LogP contribution in [0.1, 0.15) is 0 Å². The number of rotatable bonds is 0. The maximum atomic E-state index is 10.3. The van der Waals surface area contributed by atoms with E-state index in [9.17, 15) is 30.6 Å². The summed E-state index contributed by atoms with van der Waals surface area (Å²) in [5.74, 6) is -3.99. The van der Waals surface area contributed by atoms with Crippen molar-refractivity contribution >= 4 is 32.3 Å². The van der Waals surface area contributed by atoms with Crippen LogP contribution in [0.2, 0.25) is 0 Å². The van der Waals surface area contributed by atoms with Crippen molar-refractivity contribution in [3.05, 3.63) is 36.4 Å². The van der Waals surface area contributed by atoms with Gasteiger partial charge in [-0.2, -0.15) is 0 Å². The molecule has 0 radical (unpaired) electrons. The first-order chi connectivity index (χ1) is 11.4. The van der Waals surface area contributed by atoms with Gasteiger partial charge in [0, 0.05) is 16.2 Å². The van der Waals surface area contributed by atoms with Crippen LogP contribution in [0.25, 0.3) is 32.3 Å². The van der Waals surface area contributed by atoms with Gasteiger partial charge in [0.15, 0.2) is 23.0 Å². The molecule has 26 heavy (non-hydrogen) atoms. The van der Waals surface area contributed by atoms with Gasteiger partial charge in [-0.3, -0.25) is 0 Å². The van der Waals surface area contributed by atoms with Crippen LogP contribution in [0.3, 0.4) is 0 Å². The molecular weight excluding hydrogens is 344 g/mol. The van der Waals surface area contributed by atoms with Gasteiger partial charge in [-0.05, 0) is 28.3 Å². The van der Waals surface area contributed by atoms with Crippen LogP contribution in [0.15, 0.2) is 36.4 Å². The quantitative estimate of drug-likeness (QED) is 0.157. The average molecular weight is 360 g/mol. The minimum absolute atomic E-state index is 0. The standard InChI is InChI=1S/C18H12O6.2H2O/c19-10-6-5-9-7-3-1-2-4-8(7)12-13(11(9)14(10)20)16(22)18(24)17(23)15(12)21;;/h1-6,19-24H;2*1H2. The predicted molar refractivity (Wildman–Crippen MR) is 96.2 cm³/mol. The minimum Gasteiger partial charge on any atom is -0.504 e. The third-order valence-corrected chi connectivity index (χ3v) is 4.29. The van der Waals surface area contributed by atoms with Crippen LogP contribution < -0.4 is 0 Å². The van der Waals surface area contributed by atoms with E-state index >= 15 is 0 Å². The minimum atomic E-state index is -0.903. The summed E-state index contributed by atoms with van der Waals surface area (Å²) in [7, 11) is 0. The van der Waals surface area contributed by atoms with Crippen molar-refractivity contribution in [1.82, 2.24) is 0 Å². The molecule has 0 aliphatic rings. The van der Waals surface area contributed by atoms with E-state index in [1.54, 1.807) is 30.3 Å². The predicted octanol–water partition coefficient (Wildman–Crippen LogP) is 1.73. The Balaban J connectivity index is 0.00000121. The molecule has 0 saturated heterocycles. The van der Waals surface area contributed by atoms with Crippen molar-refractivity contribution in [2.75, 3.05) is 0 Å². The monoisotopic (exact) mass is 360 g/mol. The van der Waals surface area contributed by atoms with Crippen molar-refractivity contribution in [1.29, 1.82) is 0 Å². The Morgan fingerprint density at radius 2 is 0.885 bits per heavy atom. The highest BCUT2D eigenvalue weighted by Gasteiger charge is 2.24. The molecular formula is C18H16O8. The Labute approximate surface area is 145 Å². The second-order valence-corrected chi connectivity index (χ2v) is 5.55. The molecule has 8 nitrogen and oxygen atoms in total. The number of fused-ring (bicyclic) bond motifs is 6. The smallest absolute Gasteiger partial charge is 0.204 e. The molecule has 0 saturated carbocycles. The van der Waals surface area contributed by atoms with Gasteiger partial charge in [0.2, 0.25) is 11.5 Å². The zero-order valence-electron chi connectivity index (χ0n) is 13.1. The van der Waals surface area contributed by atoms with E-state index in [2.05, 4.69) is 0 Å². The summed E-state index contributed by atoms with van der Waals surface area (Å²) >= 11 is 0. The van der Waals surface area contributed by atoms with E-state index in [1.807, 2.05) is 0 Å². The summed E-state index contributed by atoms with van der Waals surface area (Å²) in [6.07, 6.45) is 0. The van der Waals surface area contributed by atoms with Crippen LogP contribution >= 0.6 is 0 Å². The van der Waals surface area contributed by atoms with Gasteiger partial charge < -0.3 is 41.6 Å². The van der Waals surface area contributed by atoms with Crippen LogP contribution in [0.5, 0.6) is 34.5 Å². The number of aromatic hydroxyl groups is 6. The van der Waals surface area contributed by atoms with E-state index in [4.69, 9.17) is 0 Å². The van der Waals surface area contributed by atoms with Gasteiger partial charge in [-0.25, -0.2) is 0 Å². The van der Waals surface area contributed by atoms with Crippen LogP contribution in [-0.2, 0) is 0 Å². The number of hydrogen-bond acceptors (Lipinski definition) is 6. The number of benzene rings is 4. The van der Waals surface area contributed by atoms with Crippen molar-refractivity contribution in [3.8, 4) is 34.5 Å². The third kappa shape index (κ3) is 2.10. The highest BCUT2D eigenvalue weighted by molar-refractivity contribution is 6.30. The van der Waals surface area contributed by atoms with Gasteiger partial charge >= 0.3 is 0 Å². The van der Waals surface area contributed by atoms with Crippen LogP contribution in [0, 0.1) is 0 Å². The first-order valence-corrected chi connectivity index (χ1v) is 7.08. The van der Waals surface area contributed by atoms with E-state index < -0.39 is 34.5 Å². The second kappa shape index (κ2) is 6.03. The molecule has 8 heteroatoms. The van der Waals surface area contributed by atoms with Crippen molar-refractivity contribution in [3.63, 3.8) is 0 Å². The molecule has 4 aromatic carbocycles. The molecule has 4 aromatic rings. The number of phenols is 6. The molecule has 0 atom stereocenters. The Kier molecular flexibility index (Phi) is 4.34. The fourth-order valence-corrected chi connectivity index (χ4v) is 3.20. The molecule has 0 unspecified atom stereocenters. The summed E-state index contributed by atoms with van der Waals surface area (Å²) in [4.78, 5) is 0. The largest absolute Gasteiger partial charge is 0.504 e. The molecule has 0 aromatic heterocycles. The van der Waals surface area contributed by atoms with E-state index in [1.165, 1.54) is 6.07 Å². The van der Waals surface area contributed by atoms with Crippen LogP contribution in [0.4, 0.5) is 0 Å². The molecule has 0 spiro atoms. The summed E-state index contributed by atoms with van der Waals surface area (Å²) in [6.45, 7) is 0. The van der Waals surface area contributed by atoms with Crippen molar-refractivity contribution < 1.29 is 41.6 Å². The average Bonchev–Trinajstić information content (AvgIpc) is 2.59. The Bertz CT molecular complexity index is 1150. The number of phenolic OH excluding ortho intramolecular Hbond substituents is 6. The fourth-order valence-electron chi connectivity index (χ4n) is 3.20. The lowest BCUT2D eigenvalue weighted by Gasteiger charge is -2.16. The molecule has 0 bridgehead atoms. The van der Waals surface area contributed by atoms with Crippen molar-refractivity contribution in [2.45, 2.75) is 0 Å². The second-order valence-electron chi connectivity index (χ2n) is 5.55. The van der Waals surface area contributed by atoms with Crippen LogP contribution in [-0.4, -0.2) is 41.6 Å². The van der Waals surface area contributed by atoms with E-state index in [-0.39, 0.29) is 27.1 Å². The summed E-state index contributed by atoms with van der Waals surface area (Å²) in [6, 6.07) is 9.77. The summed E-state index contributed by atoms with van der Waals surface area (Å²) in [5, 5.41) is 62.2. The van der Waals surface area contributed by atoms with Crippen molar-refractivity contribution in [2.24, 2.45) is 0 Å². The third-order valence-electron chi connectivity index (χ3n) is 4.29. The molecule has 0 fully saturated rings. The molecule has 0 amide bonds. The molecule has 0 aliphatic carbocycles. The SMILES string of the molecule is O.O.Oc1ccc2c3ccccc3c3c(O)c(O)c(O)c(O)c3c2c1O. The van der Waals surface area contributed by atoms with Gasteiger partial charge in [0.1, 0.15) is 0 Å². The first-order valence-electron chi connectivity index (χ1n) is 7.08. The Morgan fingerprint density at radius 1 is 0.423 bits per heavy atom. The normalized spacial score (nSPS) is 10.6. The molecule has 4 rings (SSSR count). The Hall–Kier alpha value is -3.62. The number of hydrogen-bond donors (Lipinski definition) is 6. The molecule has 0 aliphatic heterocycles. The maximum absolute atomic E-state index is 10.3. The highest BCUT2D eigenvalue weighted by atomic mass is 16.3. The van der Waals surface area contributed by atoms with Gasteiger partial charge in [-0.1, -0.05) is 24.3 Å².